The molecule has 3 rings (SSSR count). The first-order valence-electron chi connectivity index (χ1n) is 8.84. The normalized spacial score (nSPS) is 13.1. The van der Waals surface area contributed by atoms with Gasteiger partial charge in [0.2, 0.25) is 14.8 Å². The predicted octanol–water partition coefficient (Wildman–Crippen LogP) is 1.68. The lowest BCUT2D eigenvalue weighted by Crippen LogP contribution is -2.20. The number of hydrogen-bond donors (Lipinski definition) is 1. The summed E-state index contributed by atoms with van der Waals surface area (Å²) in [6.45, 7) is 3.05. The summed E-state index contributed by atoms with van der Waals surface area (Å²) in [6, 6.07) is 10.3. The summed E-state index contributed by atoms with van der Waals surface area (Å²) in [4.78, 5) is 0.159. The molecule has 0 unspecified atom stereocenters. The number of ether oxygens (including phenoxy) is 2. The van der Waals surface area contributed by atoms with Gasteiger partial charge in [0.15, 0.2) is 0 Å². The molecule has 1 heterocycles. The van der Waals surface area contributed by atoms with Crippen molar-refractivity contribution >= 4 is 41.6 Å². The van der Waals surface area contributed by atoms with Gasteiger partial charge in [-0.2, -0.15) is 8.42 Å². The zero-order valence-electron chi connectivity index (χ0n) is 16.3. The highest BCUT2D eigenvalue weighted by molar-refractivity contribution is 7.90. The number of hydrogen-bond acceptors (Lipinski definition) is 7. The Kier molecular flexibility index (Phi) is 6.62. The van der Waals surface area contributed by atoms with E-state index < -0.39 is 20.0 Å². The van der Waals surface area contributed by atoms with Gasteiger partial charge in [0.25, 0.3) is 10.0 Å². The van der Waals surface area contributed by atoms with Gasteiger partial charge in [-0.3, -0.25) is 0 Å². The summed E-state index contributed by atoms with van der Waals surface area (Å²) in [7, 11) is -6.41. The number of primary sulfonamides is 1. The SMILES string of the molecule is CCOCCn1c(=NS(=O)(=O)c2ccc(OC)cc2)sc2cc(S(N)(=O)=O)ccc21. The molecule has 2 aromatic carbocycles. The third-order valence-electron chi connectivity index (χ3n) is 4.20. The van der Waals surface area contributed by atoms with Crippen LogP contribution in [0.1, 0.15) is 6.92 Å². The molecule has 162 valence electrons. The fourth-order valence-corrected chi connectivity index (χ4v) is 5.63. The molecule has 0 spiro atoms. The third kappa shape index (κ3) is 4.90. The molecule has 0 aliphatic heterocycles. The van der Waals surface area contributed by atoms with Crippen LogP contribution in [0.5, 0.6) is 5.75 Å². The van der Waals surface area contributed by atoms with Gasteiger partial charge >= 0.3 is 0 Å². The van der Waals surface area contributed by atoms with Crippen molar-refractivity contribution in [1.29, 1.82) is 0 Å². The van der Waals surface area contributed by atoms with Crippen LogP contribution in [0.3, 0.4) is 0 Å². The summed E-state index contributed by atoms with van der Waals surface area (Å²) in [5, 5.41) is 5.21. The largest absolute Gasteiger partial charge is 0.497 e. The van der Waals surface area contributed by atoms with E-state index in [2.05, 4.69) is 4.40 Å². The molecule has 0 saturated carbocycles. The third-order valence-corrected chi connectivity index (χ3v) is 7.55. The van der Waals surface area contributed by atoms with E-state index in [9.17, 15) is 16.8 Å². The van der Waals surface area contributed by atoms with Crippen molar-refractivity contribution in [3.8, 4) is 5.75 Å². The molecule has 9 nitrogen and oxygen atoms in total. The number of benzene rings is 2. The van der Waals surface area contributed by atoms with Crippen molar-refractivity contribution < 1.29 is 26.3 Å². The quantitative estimate of drug-likeness (QED) is 0.498. The maximum atomic E-state index is 12.8. The molecule has 0 amide bonds. The average molecular weight is 472 g/mol. The van der Waals surface area contributed by atoms with E-state index in [0.717, 1.165) is 11.3 Å². The first-order valence-corrected chi connectivity index (χ1v) is 12.6. The lowest BCUT2D eigenvalue weighted by molar-refractivity contribution is 0.139. The van der Waals surface area contributed by atoms with Crippen LogP contribution in [-0.2, 0) is 31.3 Å². The Morgan fingerprint density at radius 2 is 1.73 bits per heavy atom. The second-order valence-corrected chi connectivity index (χ2v) is 10.3. The van der Waals surface area contributed by atoms with Gasteiger partial charge in [-0.05, 0) is 49.4 Å². The summed E-state index contributed by atoms with van der Waals surface area (Å²) < 4.78 is 65.7. The Balaban J connectivity index is 2.17. The van der Waals surface area contributed by atoms with Crippen molar-refractivity contribution in [2.24, 2.45) is 9.54 Å². The number of nitrogens with two attached hydrogens (primary N) is 1. The lowest BCUT2D eigenvalue weighted by atomic mass is 10.3. The number of fused-ring (bicyclic) bond motifs is 1. The molecule has 0 aliphatic rings. The molecule has 12 heteroatoms. The maximum Gasteiger partial charge on any atom is 0.285 e. The summed E-state index contributed by atoms with van der Waals surface area (Å²) in [6.07, 6.45) is 0. The Hall–Kier alpha value is -2.25. The Bertz CT molecular complexity index is 1320. The molecule has 30 heavy (non-hydrogen) atoms. The van der Waals surface area contributed by atoms with Crippen molar-refractivity contribution in [3.63, 3.8) is 0 Å². The van der Waals surface area contributed by atoms with Gasteiger partial charge < -0.3 is 14.0 Å². The van der Waals surface area contributed by atoms with Crippen molar-refractivity contribution in [2.75, 3.05) is 20.3 Å². The molecular formula is C18H21N3O6S3. The van der Waals surface area contributed by atoms with Gasteiger partial charge in [-0.15, -0.1) is 4.40 Å². The monoisotopic (exact) mass is 471 g/mol. The van der Waals surface area contributed by atoms with Gasteiger partial charge in [0, 0.05) is 13.2 Å². The molecule has 3 aromatic rings. The number of rotatable bonds is 8. The second kappa shape index (κ2) is 8.86. The molecule has 0 saturated heterocycles. The smallest absolute Gasteiger partial charge is 0.285 e. The summed E-state index contributed by atoms with van der Waals surface area (Å²) >= 11 is 1.06. The Morgan fingerprint density at radius 1 is 1.07 bits per heavy atom. The van der Waals surface area contributed by atoms with Crippen LogP contribution in [0, 0.1) is 0 Å². The Morgan fingerprint density at radius 3 is 2.33 bits per heavy atom. The number of thiazole rings is 1. The van der Waals surface area contributed by atoms with Gasteiger partial charge in [-0.1, -0.05) is 11.3 Å². The van der Waals surface area contributed by atoms with Crippen LogP contribution in [-0.4, -0.2) is 41.7 Å². The number of nitrogens with zero attached hydrogens (tertiary/aromatic N) is 2. The minimum Gasteiger partial charge on any atom is -0.497 e. The van der Waals surface area contributed by atoms with E-state index in [1.165, 1.54) is 43.5 Å². The molecule has 2 N–H and O–H groups in total. The molecule has 0 aliphatic carbocycles. The standard InChI is InChI=1S/C18H21N3O6S3/c1-3-27-11-10-21-16-9-8-15(29(19,22)23)12-17(16)28-18(21)20-30(24,25)14-6-4-13(26-2)5-7-14/h4-9,12H,3,10-11H2,1-2H3,(H2,19,22,23). The number of sulfonamides is 2. The molecule has 0 fully saturated rings. The highest BCUT2D eigenvalue weighted by atomic mass is 32.2. The summed E-state index contributed by atoms with van der Waals surface area (Å²) in [5.41, 5.74) is 0.635. The van der Waals surface area contributed by atoms with E-state index in [1.54, 1.807) is 10.6 Å². The topological polar surface area (TPSA) is 130 Å². The second-order valence-electron chi connectivity index (χ2n) is 6.15. The first kappa shape index (κ1) is 22.4. The molecule has 0 radical (unpaired) electrons. The van der Waals surface area contributed by atoms with E-state index in [4.69, 9.17) is 14.6 Å². The number of methoxy groups -OCH3 is 1. The predicted molar refractivity (Wildman–Crippen MR) is 113 cm³/mol. The highest BCUT2D eigenvalue weighted by Crippen LogP contribution is 2.22. The minimum atomic E-state index is -4.00. The van der Waals surface area contributed by atoms with E-state index in [1.807, 2.05) is 6.92 Å². The fraction of sp³-hybridized carbons (Fsp3) is 0.278. The van der Waals surface area contributed by atoms with Crippen LogP contribution in [0.15, 0.2) is 56.7 Å². The van der Waals surface area contributed by atoms with Crippen LogP contribution in [0.4, 0.5) is 0 Å². The van der Waals surface area contributed by atoms with E-state index >= 15 is 0 Å². The van der Waals surface area contributed by atoms with Gasteiger partial charge in [-0.25, -0.2) is 13.6 Å². The zero-order chi connectivity index (χ0) is 21.9. The molecule has 0 atom stereocenters. The Labute approximate surface area is 178 Å². The summed E-state index contributed by atoms with van der Waals surface area (Å²) in [5.74, 6) is 0.526. The van der Waals surface area contributed by atoms with Crippen molar-refractivity contribution in [1.82, 2.24) is 4.57 Å². The van der Waals surface area contributed by atoms with Gasteiger partial charge in [0.05, 0.1) is 33.7 Å². The molecule has 1 aromatic heterocycles. The van der Waals surface area contributed by atoms with Crippen molar-refractivity contribution in [2.45, 2.75) is 23.3 Å². The number of aromatic nitrogens is 1. The van der Waals surface area contributed by atoms with Crippen molar-refractivity contribution in [3.05, 3.63) is 47.3 Å². The first-order chi connectivity index (χ1) is 14.2. The van der Waals surface area contributed by atoms with Gasteiger partial charge in [0.1, 0.15) is 5.75 Å². The molecular weight excluding hydrogens is 450 g/mol. The van der Waals surface area contributed by atoms with Crippen LogP contribution < -0.4 is 14.7 Å². The lowest BCUT2D eigenvalue weighted by Gasteiger charge is -2.06. The van der Waals surface area contributed by atoms with Crippen LogP contribution in [0.25, 0.3) is 10.2 Å². The van der Waals surface area contributed by atoms with Crippen LogP contribution in [0.2, 0.25) is 0 Å². The van der Waals surface area contributed by atoms with Crippen LogP contribution >= 0.6 is 11.3 Å². The average Bonchev–Trinajstić information content (AvgIpc) is 3.03. The maximum absolute atomic E-state index is 12.8. The zero-order valence-corrected chi connectivity index (χ0v) is 18.8. The van der Waals surface area contributed by atoms with E-state index in [-0.39, 0.29) is 14.6 Å². The minimum absolute atomic E-state index is 0.0161. The highest BCUT2D eigenvalue weighted by Gasteiger charge is 2.17. The fourth-order valence-electron chi connectivity index (χ4n) is 2.72. The molecule has 0 bridgehead atoms. The van der Waals surface area contributed by atoms with E-state index in [0.29, 0.717) is 35.7 Å².